The molecule has 0 N–H and O–H groups in total. The van der Waals surface area contributed by atoms with E-state index in [9.17, 15) is 8.78 Å². The molecule has 1 aliphatic heterocycles. The van der Waals surface area contributed by atoms with Gasteiger partial charge < -0.3 is 0 Å². The normalized spacial score (nSPS) is 24.0. The first-order valence-electron chi connectivity index (χ1n) is 12.0. The lowest BCUT2D eigenvalue weighted by Gasteiger charge is -2.37. The lowest BCUT2D eigenvalue weighted by Crippen LogP contribution is -2.38. The van der Waals surface area contributed by atoms with Crippen LogP contribution in [0.5, 0.6) is 0 Å². The molecule has 0 spiro atoms. The van der Waals surface area contributed by atoms with E-state index in [-0.39, 0.29) is 22.6 Å². The molecule has 35 heavy (non-hydrogen) atoms. The standard InChI is InChI=1S/C27H26F2N6/c1-14(2)19-11-20(33-32-19)22-12-30-13-23(31-22)27-9-8-16(26(27,3)4)15-10-21(34-35-25(15)27)24-17(28)6-5-7-18(24)29/h5-7,10,12-14,16H,8-9,11H2,1-4H3/t16-,27-/m0/s1. The van der Waals surface area contributed by atoms with Crippen LogP contribution in [0.25, 0.3) is 11.3 Å². The zero-order valence-corrected chi connectivity index (χ0v) is 20.2. The number of benzene rings is 1. The number of hydrogen-bond acceptors (Lipinski definition) is 6. The molecule has 3 aliphatic rings. The Kier molecular flexibility index (Phi) is 4.75. The number of nitrogens with zero attached hydrogens (tertiary/aromatic N) is 6. The van der Waals surface area contributed by atoms with Crippen LogP contribution in [0, 0.1) is 23.0 Å². The summed E-state index contributed by atoms with van der Waals surface area (Å²) in [5.74, 6) is -0.789. The number of aromatic nitrogens is 4. The van der Waals surface area contributed by atoms with Gasteiger partial charge in [-0.2, -0.15) is 15.3 Å². The van der Waals surface area contributed by atoms with E-state index in [1.165, 1.54) is 18.2 Å². The van der Waals surface area contributed by atoms with E-state index in [4.69, 9.17) is 4.98 Å². The molecule has 1 fully saturated rings. The number of fused-ring (bicyclic) bond motifs is 5. The highest BCUT2D eigenvalue weighted by Gasteiger charge is 2.65. The monoisotopic (exact) mass is 472 g/mol. The SMILES string of the molecule is CC(C)C1=NN=C(c2cncc([C@@]34CC[C@@H](c5cc(-c6c(F)cccc6F)nnc53)C4(C)C)n2)C1. The fourth-order valence-electron chi connectivity index (χ4n) is 6.30. The van der Waals surface area contributed by atoms with Crippen molar-refractivity contribution in [2.45, 2.75) is 58.3 Å². The average Bonchev–Trinajstić information content (AvgIpc) is 3.48. The molecule has 8 heteroatoms. The first-order valence-corrected chi connectivity index (χ1v) is 12.0. The molecule has 2 aliphatic carbocycles. The number of rotatable bonds is 4. The maximum atomic E-state index is 14.5. The fourth-order valence-corrected chi connectivity index (χ4v) is 6.30. The van der Waals surface area contributed by atoms with Crippen molar-refractivity contribution in [3.05, 3.63) is 70.9 Å². The molecule has 3 aromatic rings. The van der Waals surface area contributed by atoms with Crippen molar-refractivity contribution in [1.82, 2.24) is 20.2 Å². The maximum absolute atomic E-state index is 14.5. The second-order valence-corrected chi connectivity index (χ2v) is 10.6. The Hall–Kier alpha value is -3.42. The largest absolute Gasteiger partial charge is 0.260 e. The van der Waals surface area contributed by atoms with Gasteiger partial charge in [0.2, 0.25) is 0 Å². The summed E-state index contributed by atoms with van der Waals surface area (Å²) >= 11 is 0. The van der Waals surface area contributed by atoms with Crippen molar-refractivity contribution >= 4 is 11.4 Å². The van der Waals surface area contributed by atoms with Crippen LogP contribution in [-0.4, -0.2) is 31.6 Å². The molecule has 2 aromatic heterocycles. The Morgan fingerprint density at radius 3 is 2.49 bits per heavy atom. The summed E-state index contributed by atoms with van der Waals surface area (Å²) in [5, 5.41) is 17.6. The summed E-state index contributed by atoms with van der Waals surface area (Å²) in [6.07, 6.45) is 6.01. The number of hydrogen-bond donors (Lipinski definition) is 0. The smallest absolute Gasteiger partial charge is 0.135 e. The second kappa shape index (κ2) is 7.54. The summed E-state index contributed by atoms with van der Waals surface area (Å²) in [4.78, 5) is 9.59. The molecule has 3 heterocycles. The molecule has 0 radical (unpaired) electrons. The molecule has 6 rings (SSSR count). The molecular formula is C27H26F2N6. The molecule has 0 amide bonds. The molecule has 6 nitrogen and oxygen atoms in total. The Morgan fingerprint density at radius 2 is 1.77 bits per heavy atom. The lowest BCUT2D eigenvalue weighted by atomic mass is 9.66. The van der Waals surface area contributed by atoms with Gasteiger partial charge in [0.25, 0.3) is 0 Å². The zero-order valence-electron chi connectivity index (χ0n) is 20.2. The Bertz CT molecular complexity index is 1410. The van der Waals surface area contributed by atoms with Gasteiger partial charge in [-0.25, -0.2) is 13.8 Å². The molecule has 178 valence electrons. The van der Waals surface area contributed by atoms with E-state index in [2.05, 4.69) is 53.1 Å². The van der Waals surface area contributed by atoms with Gasteiger partial charge in [0.1, 0.15) is 17.3 Å². The van der Waals surface area contributed by atoms with E-state index in [0.29, 0.717) is 12.3 Å². The van der Waals surface area contributed by atoms with Crippen molar-refractivity contribution in [1.29, 1.82) is 0 Å². The summed E-state index contributed by atoms with van der Waals surface area (Å²) in [5.41, 5.74) is 4.61. The van der Waals surface area contributed by atoms with E-state index in [0.717, 1.165) is 46.9 Å². The van der Waals surface area contributed by atoms with Crippen LogP contribution in [0.1, 0.15) is 75.5 Å². The van der Waals surface area contributed by atoms with Gasteiger partial charge in [0.05, 0.1) is 40.0 Å². The highest BCUT2D eigenvalue weighted by molar-refractivity contribution is 6.14. The molecule has 1 aromatic carbocycles. The van der Waals surface area contributed by atoms with Crippen LogP contribution in [0.4, 0.5) is 8.78 Å². The topological polar surface area (TPSA) is 76.3 Å². The minimum absolute atomic E-state index is 0.139. The third-order valence-corrected chi connectivity index (χ3v) is 8.28. The van der Waals surface area contributed by atoms with Crippen LogP contribution in [0.3, 0.4) is 0 Å². The van der Waals surface area contributed by atoms with E-state index in [1.807, 2.05) is 12.3 Å². The highest BCUT2D eigenvalue weighted by Crippen LogP contribution is 2.69. The van der Waals surface area contributed by atoms with E-state index >= 15 is 0 Å². The fraction of sp³-hybridized carbons (Fsp3) is 0.407. The predicted octanol–water partition coefficient (Wildman–Crippen LogP) is 5.62. The van der Waals surface area contributed by atoms with Gasteiger partial charge in [0, 0.05) is 18.3 Å². The van der Waals surface area contributed by atoms with Gasteiger partial charge in [0.15, 0.2) is 0 Å². The van der Waals surface area contributed by atoms with Gasteiger partial charge >= 0.3 is 0 Å². The van der Waals surface area contributed by atoms with Crippen LogP contribution >= 0.6 is 0 Å². The van der Waals surface area contributed by atoms with E-state index in [1.54, 1.807) is 6.20 Å². The lowest BCUT2D eigenvalue weighted by molar-refractivity contribution is 0.242. The summed E-state index contributed by atoms with van der Waals surface area (Å²) < 4.78 is 29.0. The molecule has 0 unspecified atom stereocenters. The van der Waals surface area contributed by atoms with Crippen molar-refractivity contribution in [3.63, 3.8) is 0 Å². The molecule has 2 atom stereocenters. The van der Waals surface area contributed by atoms with Gasteiger partial charge in [-0.1, -0.05) is 33.8 Å². The Balaban J connectivity index is 1.45. The third-order valence-electron chi connectivity index (χ3n) is 8.28. The van der Waals surface area contributed by atoms with Gasteiger partial charge in [-0.3, -0.25) is 4.98 Å². The predicted molar refractivity (Wildman–Crippen MR) is 129 cm³/mol. The molecule has 1 saturated carbocycles. The third kappa shape index (κ3) is 2.98. The minimum Gasteiger partial charge on any atom is -0.260 e. The summed E-state index contributed by atoms with van der Waals surface area (Å²) in [6, 6.07) is 5.65. The second-order valence-electron chi connectivity index (χ2n) is 10.6. The summed E-state index contributed by atoms with van der Waals surface area (Å²) in [6.45, 7) is 8.65. The average molecular weight is 473 g/mol. The van der Waals surface area contributed by atoms with Crippen molar-refractivity contribution in [2.75, 3.05) is 0 Å². The van der Waals surface area contributed by atoms with Crippen molar-refractivity contribution < 1.29 is 8.78 Å². The van der Waals surface area contributed by atoms with Crippen molar-refractivity contribution in [3.8, 4) is 11.3 Å². The molecule has 0 saturated heterocycles. The number of halogens is 2. The van der Waals surface area contributed by atoms with Crippen LogP contribution < -0.4 is 0 Å². The molecule has 2 bridgehead atoms. The quantitative estimate of drug-likeness (QED) is 0.494. The van der Waals surface area contributed by atoms with Crippen molar-refractivity contribution in [2.24, 2.45) is 21.5 Å². The first-order chi connectivity index (χ1) is 16.7. The first kappa shape index (κ1) is 22.1. The van der Waals surface area contributed by atoms with Crippen LogP contribution in [-0.2, 0) is 5.41 Å². The minimum atomic E-state index is -0.643. The van der Waals surface area contributed by atoms with E-state index < -0.39 is 17.0 Å². The van der Waals surface area contributed by atoms with Crippen LogP contribution in [0.15, 0.2) is 46.9 Å². The van der Waals surface area contributed by atoms with Gasteiger partial charge in [-0.15, -0.1) is 5.10 Å². The Labute approximate surface area is 202 Å². The molecular weight excluding hydrogens is 446 g/mol. The van der Waals surface area contributed by atoms with Crippen LogP contribution in [0.2, 0.25) is 0 Å². The zero-order chi connectivity index (χ0) is 24.5. The van der Waals surface area contributed by atoms with Gasteiger partial charge in [-0.05, 0) is 53.9 Å². The Morgan fingerprint density at radius 1 is 1.00 bits per heavy atom. The highest BCUT2D eigenvalue weighted by atomic mass is 19.1. The maximum Gasteiger partial charge on any atom is 0.135 e. The summed E-state index contributed by atoms with van der Waals surface area (Å²) in [7, 11) is 0.